The SMILES string of the molecule is C#C[C@@H]1CC[C@H](NC(=O)OC(C)(C)C)C1. The van der Waals surface area contributed by atoms with Gasteiger partial charge in [-0.2, -0.15) is 0 Å². The molecule has 1 aliphatic rings. The Bertz CT molecular complexity index is 272. The molecule has 0 aromatic heterocycles. The van der Waals surface area contributed by atoms with Crippen LogP contribution in [0.5, 0.6) is 0 Å². The van der Waals surface area contributed by atoms with Crippen LogP contribution in [-0.2, 0) is 4.74 Å². The van der Waals surface area contributed by atoms with Crippen LogP contribution in [0.2, 0.25) is 0 Å². The summed E-state index contributed by atoms with van der Waals surface area (Å²) in [5, 5.41) is 2.84. The molecule has 0 aliphatic heterocycles. The van der Waals surface area contributed by atoms with Crippen molar-refractivity contribution in [2.75, 3.05) is 0 Å². The molecule has 15 heavy (non-hydrogen) atoms. The lowest BCUT2D eigenvalue weighted by Gasteiger charge is -2.21. The van der Waals surface area contributed by atoms with E-state index in [1.54, 1.807) is 0 Å². The van der Waals surface area contributed by atoms with E-state index in [0.717, 1.165) is 19.3 Å². The zero-order valence-corrected chi connectivity index (χ0v) is 9.67. The third-order valence-corrected chi connectivity index (χ3v) is 2.39. The molecule has 0 unspecified atom stereocenters. The first-order valence-corrected chi connectivity index (χ1v) is 5.36. The average Bonchev–Trinajstić information content (AvgIpc) is 2.48. The Morgan fingerprint density at radius 2 is 2.13 bits per heavy atom. The van der Waals surface area contributed by atoms with Gasteiger partial charge in [0.2, 0.25) is 0 Å². The van der Waals surface area contributed by atoms with Crippen LogP contribution in [0.4, 0.5) is 4.79 Å². The smallest absolute Gasteiger partial charge is 0.407 e. The lowest BCUT2D eigenvalue weighted by atomic mass is 10.1. The predicted molar refractivity (Wildman–Crippen MR) is 59.3 cm³/mol. The van der Waals surface area contributed by atoms with E-state index < -0.39 is 5.60 Å². The molecule has 0 bridgehead atoms. The molecule has 0 aromatic carbocycles. The Labute approximate surface area is 91.6 Å². The monoisotopic (exact) mass is 209 g/mol. The fraction of sp³-hybridized carbons (Fsp3) is 0.750. The van der Waals surface area contributed by atoms with Gasteiger partial charge in [-0.3, -0.25) is 0 Å². The maximum Gasteiger partial charge on any atom is 0.407 e. The van der Waals surface area contributed by atoms with Crippen molar-refractivity contribution in [3.8, 4) is 12.3 Å². The molecule has 2 atom stereocenters. The van der Waals surface area contributed by atoms with Gasteiger partial charge in [0.1, 0.15) is 5.60 Å². The van der Waals surface area contributed by atoms with Crippen LogP contribution >= 0.6 is 0 Å². The van der Waals surface area contributed by atoms with Crippen LogP contribution in [0.25, 0.3) is 0 Å². The topological polar surface area (TPSA) is 38.3 Å². The van der Waals surface area contributed by atoms with E-state index in [-0.39, 0.29) is 12.1 Å². The molecule has 1 rings (SSSR count). The van der Waals surface area contributed by atoms with Crippen molar-refractivity contribution >= 4 is 6.09 Å². The molecule has 1 aliphatic carbocycles. The Kier molecular flexibility index (Phi) is 3.62. The quantitative estimate of drug-likeness (QED) is 0.673. The first-order chi connectivity index (χ1) is 6.90. The molecule has 0 spiro atoms. The van der Waals surface area contributed by atoms with Crippen molar-refractivity contribution < 1.29 is 9.53 Å². The Morgan fingerprint density at radius 3 is 2.60 bits per heavy atom. The summed E-state index contributed by atoms with van der Waals surface area (Å²) in [7, 11) is 0. The van der Waals surface area contributed by atoms with Crippen LogP contribution < -0.4 is 5.32 Å². The maximum atomic E-state index is 11.4. The number of alkyl carbamates (subject to hydrolysis) is 1. The number of carbonyl (C=O) groups is 1. The first kappa shape index (κ1) is 11.9. The van der Waals surface area contributed by atoms with Gasteiger partial charge in [-0.25, -0.2) is 4.79 Å². The zero-order valence-electron chi connectivity index (χ0n) is 9.67. The van der Waals surface area contributed by atoms with Gasteiger partial charge in [-0.1, -0.05) is 0 Å². The summed E-state index contributed by atoms with van der Waals surface area (Å²) in [5.74, 6) is 3.03. The van der Waals surface area contributed by atoms with E-state index in [1.165, 1.54) is 0 Å². The Hall–Kier alpha value is -1.17. The molecule has 0 radical (unpaired) electrons. The Balaban J connectivity index is 2.32. The fourth-order valence-corrected chi connectivity index (χ4v) is 1.74. The van der Waals surface area contributed by atoms with Gasteiger partial charge < -0.3 is 10.1 Å². The highest BCUT2D eigenvalue weighted by Crippen LogP contribution is 2.24. The van der Waals surface area contributed by atoms with Gasteiger partial charge in [0.25, 0.3) is 0 Å². The number of nitrogens with one attached hydrogen (secondary N) is 1. The van der Waals surface area contributed by atoms with Gasteiger partial charge in [-0.05, 0) is 40.0 Å². The lowest BCUT2D eigenvalue weighted by Crippen LogP contribution is -2.37. The number of hydrogen-bond donors (Lipinski definition) is 1. The van der Waals surface area contributed by atoms with E-state index >= 15 is 0 Å². The highest BCUT2D eigenvalue weighted by Gasteiger charge is 2.26. The standard InChI is InChI=1S/C12H19NO2/c1-5-9-6-7-10(8-9)13-11(14)15-12(2,3)4/h1,9-10H,6-8H2,2-4H3,(H,13,14)/t9-,10+/m1/s1. The number of ether oxygens (including phenoxy) is 1. The molecule has 1 saturated carbocycles. The second-order valence-electron chi connectivity index (χ2n) is 5.02. The average molecular weight is 209 g/mol. The normalized spacial score (nSPS) is 25.7. The Morgan fingerprint density at radius 1 is 1.47 bits per heavy atom. The van der Waals surface area contributed by atoms with Crippen LogP contribution in [0, 0.1) is 18.3 Å². The van der Waals surface area contributed by atoms with Crippen molar-refractivity contribution in [3.05, 3.63) is 0 Å². The van der Waals surface area contributed by atoms with Crippen molar-refractivity contribution in [3.63, 3.8) is 0 Å². The minimum Gasteiger partial charge on any atom is -0.444 e. The molecular weight excluding hydrogens is 190 g/mol. The highest BCUT2D eigenvalue weighted by atomic mass is 16.6. The summed E-state index contributed by atoms with van der Waals surface area (Å²) in [6, 6.07) is 0.181. The predicted octanol–water partition coefficient (Wildman–Crippen LogP) is 2.31. The van der Waals surface area contributed by atoms with Crippen LogP contribution in [-0.4, -0.2) is 17.7 Å². The van der Waals surface area contributed by atoms with Crippen molar-refractivity contribution in [2.45, 2.75) is 51.7 Å². The van der Waals surface area contributed by atoms with Crippen LogP contribution in [0.3, 0.4) is 0 Å². The van der Waals surface area contributed by atoms with Crippen molar-refractivity contribution in [1.29, 1.82) is 0 Å². The summed E-state index contributed by atoms with van der Waals surface area (Å²) in [6.07, 6.45) is 7.81. The van der Waals surface area contributed by atoms with E-state index in [2.05, 4.69) is 11.2 Å². The maximum absolute atomic E-state index is 11.4. The fourth-order valence-electron chi connectivity index (χ4n) is 1.74. The van der Waals surface area contributed by atoms with E-state index in [1.807, 2.05) is 20.8 Å². The number of amides is 1. The second-order valence-corrected chi connectivity index (χ2v) is 5.02. The van der Waals surface area contributed by atoms with E-state index in [4.69, 9.17) is 11.2 Å². The van der Waals surface area contributed by atoms with Gasteiger partial charge in [-0.15, -0.1) is 12.3 Å². The van der Waals surface area contributed by atoms with Crippen molar-refractivity contribution in [1.82, 2.24) is 5.32 Å². The number of carbonyl (C=O) groups excluding carboxylic acids is 1. The van der Waals surface area contributed by atoms with Gasteiger partial charge >= 0.3 is 6.09 Å². The van der Waals surface area contributed by atoms with Crippen molar-refractivity contribution in [2.24, 2.45) is 5.92 Å². The molecule has 1 amide bonds. The van der Waals surface area contributed by atoms with Crippen LogP contribution in [0.1, 0.15) is 40.0 Å². The molecule has 3 heteroatoms. The number of rotatable bonds is 1. The molecule has 1 fully saturated rings. The molecule has 3 nitrogen and oxygen atoms in total. The molecular formula is C12H19NO2. The summed E-state index contributed by atoms with van der Waals surface area (Å²) >= 11 is 0. The minimum absolute atomic E-state index is 0.181. The molecule has 1 N–H and O–H groups in total. The van der Waals surface area contributed by atoms with E-state index in [0.29, 0.717) is 5.92 Å². The molecule has 0 aromatic rings. The minimum atomic E-state index is -0.436. The molecule has 0 saturated heterocycles. The van der Waals surface area contributed by atoms with Gasteiger partial charge in [0.05, 0.1) is 0 Å². The largest absolute Gasteiger partial charge is 0.444 e. The lowest BCUT2D eigenvalue weighted by molar-refractivity contribution is 0.0505. The summed E-state index contributed by atoms with van der Waals surface area (Å²) in [5.41, 5.74) is -0.436. The third kappa shape index (κ3) is 4.24. The van der Waals surface area contributed by atoms with E-state index in [9.17, 15) is 4.79 Å². The van der Waals surface area contributed by atoms with Gasteiger partial charge in [0.15, 0.2) is 0 Å². The zero-order chi connectivity index (χ0) is 11.5. The first-order valence-electron chi connectivity index (χ1n) is 5.36. The summed E-state index contributed by atoms with van der Waals surface area (Å²) < 4.78 is 5.17. The molecule has 84 valence electrons. The summed E-state index contributed by atoms with van der Waals surface area (Å²) in [4.78, 5) is 11.4. The third-order valence-electron chi connectivity index (χ3n) is 2.39. The van der Waals surface area contributed by atoms with Gasteiger partial charge in [0, 0.05) is 12.0 Å². The second kappa shape index (κ2) is 4.57. The molecule has 0 heterocycles. The number of hydrogen-bond acceptors (Lipinski definition) is 2. The number of terminal acetylenes is 1. The van der Waals surface area contributed by atoms with Crippen LogP contribution in [0.15, 0.2) is 0 Å². The highest BCUT2D eigenvalue weighted by molar-refractivity contribution is 5.68. The summed E-state index contributed by atoms with van der Waals surface area (Å²) in [6.45, 7) is 5.56.